The van der Waals surface area contributed by atoms with E-state index in [0.717, 1.165) is 37.1 Å². The summed E-state index contributed by atoms with van der Waals surface area (Å²) in [6, 6.07) is -0.140. The number of nitrogens with one attached hydrogen (secondary N) is 1. The van der Waals surface area contributed by atoms with Gasteiger partial charge in [0.2, 0.25) is 5.95 Å². The molecule has 6 heteroatoms. The fraction of sp³-hybridized carbons (Fsp3) is 0.714. The molecule has 0 saturated heterocycles. The van der Waals surface area contributed by atoms with Crippen molar-refractivity contribution in [2.45, 2.75) is 58.9 Å². The molecule has 2 rings (SSSR count). The molecule has 2 unspecified atom stereocenters. The Morgan fingerprint density at radius 3 is 2.65 bits per heavy atom. The Morgan fingerprint density at radius 2 is 2.05 bits per heavy atom. The Kier molecular flexibility index (Phi) is 4.20. The maximum absolute atomic E-state index is 11.5. The van der Waals surface area contributed by atoms with E-state index in [9.17, 15) is 9.90 Å². The van der Waals surface area contributed by atoms with Gasteiger partial charge in [0.05, 0.1) is 16.8 Å². The van der Waals surface area contributed by atoms with Crippen LogP contribution in [-0.2, 0) is 17.6 Å². The molecule has 1 saturated carbocycles. The summed E-state index contributed by atoms with van der Waals surface area (Å²) in [6.07, 6.45) is 4.01. The monoisotopic (exact) mass is 278 g/mol. The smallest absolute Gasteiger partial charge is 0.311 e. The van der Waals surface area contributed by atoms with Crippen LogP contribution in [0.4, 0.5) is 5.95 Å². The maximum atomic E-state index is 11.5. The molecule has 1 aromatic heterocycles. The zero-order valence-corrected chi connectivity index (χ0v) is 12.3. The third-order valence-electron chi connectivity index (χ3n) is 4.26. The molecule has 2 atom stereocenters. The van der Waals surface area contributed by atoms with Crippen LogP contribution >= 0.6 is 0 Å². The second-order valence-corrected chi connectivity index (χ2v) is 5.55. The molecule has 0 amide bonds. The van der Waals surface area contributed by atoms with Crippen molar-refractivity contribution in [1.82, 2.24) is 15.2 Å². The van der Waals surface area contributed by atoms with Gasteiger partial charge in [0.1, 0.15) is 0 Å². The first-order valence-corrected chi connectivity index (χ1v) is 7.23. The van der Waals surface area contributed by atoms with Gasteiger partial charge in [0, 0.05) is 6.04 Å². The lowest BCUT2D eigenvalue weighted by atomic mass is 9.85. The Morgan fingerprint density at radius 1 is 1.35 bits per heavy atom. The van der Waals surface area contributed by atoms with E-state index in [4.69, 9.17) is 0 Å². The van der Waals surface area contributed by atoms with E-state index in [-0.39, 0.29) is 6.04 Å². The van der Waals surface area contributed by atoms with E-state index in [0.29, 0.717) is 12.4 Å². The summed E-state index contributed by atoms with van der Waals surface area (Å²) in [7, 11) is 0. The third-order valence-corrected chi connectivity index (χ3v) is 4.26. The standard InChI is InChI=1S/C14H22N4O2/c1-4-9-10(5-2)17-18-13(15-9)16-11-7-6-8-14(11,3)12(19)20/h11H,4-8H2,1-3H3,(H,19,20)(H,15,16,18). The van der Waals surface area contributed by atoms with E-state index >= 15 is 0 Å². The average molecular weight is 278 g/mol. The molecule has 2 N–H and O–H groups in total. The molecule has 0 bridgehead atoms. The van der Waals surface area contributed by atoms with Crippen LogP contribution in [0, 0.1) is 5.41 Å². The molecule has 1 aliphatic rings. The number of aryl methyl sites for hydroxylation is 2. The molecule has 0 radical (unpaired) electrons. The number of aromatic nitrogens is 3. The Bertz CT molecular complexity index is 506. The van der Waals surface area contributed by atoms with Crippen molar-refractivity contribution < 1.29 is 9.90 Å². The molecule has 6 nitrogen and oxygen atoms in total. The lowest BCUT2D eigenvalue weighted by Gasteiger charge is -2.27. The van der Waals surface area contributed by atoms with Crippen molar-refractivity contribution in [2.75, 3.05) is 5.32 Å². The van der Waals surface area contributed by atoms with Crippen LogP contribution in [0.3, 0.4) is 0 Å². The largest absolute Gasteiger partial charge is 0.481 e. The van der Waals surface area contributed by atoms with Crippen molar-refractivity contribution in [3.8, 4) is 0 Å². The first kappa shape index (κ1) is 14.7. The van der Waals surface area contributed by atoms with Crippen molar-refractivity contribution in [3.05, 3.63) is 11.4 Å². The highest BCUT2D eigenvalue weighted by atomic mass is 16.4. The minimum Gasteiger partial charge on any atom is -0.481 e. The molecule has 0 aliphatic heterocycles. The predicted octanol–water partition coefficient (Wildman–Crippen LogP) is 2.05. The molecule has 0 aromatic carbocycles. The first-order chi connectivity index (χ1) is 9.51. The highest BCUT2D eigenvalue weighted by Gasteiger charge is 2.45. The van der Waals surface area contributed by atoms with Gasteiger partial charge in [-0.1, -0.05) is 20.3 Å². The minimum absolute atomic E-state index is 0.140. The number of nitrogens with zero attached hydrogens (tertiary/aromatic N) is 3. The molecular weight excluding hydrogens is 256 g/mol. The van der Waals surface area contributed by atoms with Crippen molar-refractivity contribution in [3.63, 3.8) is 0 Å². The van der Waals surface area contributed by atoms with Gasteiger partial charge in [-0.15, -0.1) is 5.10 Å². The molecule has 1 aliphatic carbocycles. The molecule has 1 aromatic rings. The molecular formula is C14H22N4O2. The lowest BCUT2D eigenvalue weighted by molar-refractivity contribution is -0.147. The highest BCUT2D eigenvalue weighted by molar-refractivity contribution is 5.76. The fourth-order valence-corrected chi connectivity index (χ4v) is 2.81. The molecule has 20 heavy (non-hydrogen) atoms. The van der Waals surface area contributed by atoms with Crippen molar-refractivity contribution in [1.29, 1.82) is 0 Å². The molecule has 1 fully saturated rings. The van der Waals surface area contributed by atoms with Gasteiger partial charge in [0.15, 0.2) is 0 Å². The Labute approximate surface area is 119 Å². The zero-order valence-electron chi connectivity index (χ0n) is 12.3. The van der Waals surface area contributed by atoms with Crippen molar-refractivity contribution >= 4 is 11.9 Å². The third kappa shape index (κ3) is 2.59. The number of anilines is 1. The summed E-state index contributed by atoms with van der Waals surface area (Å²) in [5, 5.41) is 20.8. The number of carbonyl (C=O) groups is 1. The molecule has 0 spiro atoms. The van der Waals surface area contributed by atoms with E-state index in [1.165, 1.54) is 0 Å². The number of rotatable bonds is 5. The topological polar surface area (TPSA) is 88.0 Å². The summed E-state index contributed by atoms with van der Waals surface area (Å²) in [5.41, 5.74) is 1.09. The van der Waals surface area contributed by atoms with Crippen LogP contribution in [0.1, 0.15) is 51.4 Å². The summed E-state index contributed by atoms with van der Waals surface area (Å²) < 4.78 is 0. The van der Waals surface area contributed by atoms with E-state index in [2.05, 4.69) is 20.5 Å². The van der Waals surface area contributed by atoms with Crippen LogP contribution in [0.5, 0.6) is 0 Å². The molecule has 110 valence electrons. The number of aliphatic carboxylic acids is 1. The lowest BCUT2D eigenvalue weighted by Crippen LogP contribution is -2.40. The maximum Gasteiger partial charge on any atom is 0.311 e. The summed E-state index contributed by atoms with van der Waals surface area (Å²) in [4.78, 5) is 15.9. The van der Waals surface area contributed by atoms with Gasteiger partial charge in [-0.25, -0.2) is 4.98 Å². The van der Waals surface area contributed by atoms with Gasteiger partial charge >= 0.3 is 5.97 Å². The Hall–Kier alpha value is -1.72. The van der Waals surface area contributed by atoms with Crippen LogP contribution in [0.15, 0.2) is 0 Å². The first-order valence-electron chi connectivity index (χ1n) is 7.23. The second kappa shape index (κ2) is 5.73. The van der Waals surface area contributed by atoms with Gasteiger partial charge in [-0.05, 0) is 32.6 Å². The van der Waals surface area contributed by atoms with Crippen LogP contribution in [-0.4, -0.2) is 32.3 Å². The van der Waals surface area contributed by atoms with Crippen LogP contribution in [0.2, 0.25) is 0 Å². The Balaban J connectivity index is 2.20. The quantitative estimate of drug-likeness (QED) is 0.857. The van der Waals surface area contributed by atoms with E-state index < -0.39 is 11.4 Å². The zero-order chi connectivity index (χ0) is 14.8. The molecule has 1 heterocycles. The number of carboxylic acid groups (broad SMARTS) is 1. The number of carboxylic acids is 1. The van der Waals surface area contributed by atoms with Crippen LogP contribution < -0.4 is 5.32 Å². The average Bonchev–Trinajstić information content (AvgIpc) is 2.81. The fourth-order valence-electron chi connectivity index (χ4n) is 2.81. The highest BCUT2D eigenvalue weighted by Crippen LogP contribution is 2.39. The van der Waals surface area contributed by atoms with Gasteiger partial charge in [0.25, 0.3) is 0 Å². The van der Waals surface area contributed by atoms with E-state index in [1.54, 1.807) is 6.92 Å². The number of hydrogen-bond acceptors (Lipinski definition) is 5. The summed E-state index contributed by atoms with van der Waals surface area (Å²) >= 11 is 0. The summed E-state index contributed by atoms with van der Waals surface area (Å²) in [5.74, 6) is -0.320. The predicted molar refractivity (Wildman–Crippen MR) is 75.6 cm³/mol. The van der Waals surface area contributed by atoms with Gasteiger partial charge in [-0.2, -0.15) is 5.10 Å². The normalized spacial score (nSPS) is 25.6. The van der Waals surface area contributed by atoms with Gasteiger partial charge in [-0.3, -0.25) is 4.79 Å². The van der Waals surface area contributed by atoms with Crippen LogP contribution in [0.25, 0.3) is 0 Å². The SMILES string of the molecule is CCc1nnc(NC2CCCC2(C)C(=O)O)nc1CC. The number of hydrogen-bond donors (Lipinski definition) is 2. The summed E-state index contributed by atoms with van der Waals surface area (Å²) in [6.45, 7) is 5.84. The minimum atomic E-state index is -0.763. The van der Waals surface area contributed by atoms with Crippen molar-refractivity contribution in [2.24, 2.45) is 5.41 Å². The van der Waals surface area contributed by atoms with Gasteiger partial charge < -0.3 is 10.4 Å². The van der Waals surface area contributed by atoms with E-state index in [1.807, 2.05) is 13.8 Å². The second-order valence-electron chi connectivity index (χ2n) is 5.55.